The maximum Gasteiger partial charge on any atom is 0.227 e. The molecule has 154 valence electrons. The first-order valence-corrected chi connectivity index (χ1v) is 10.0. The molecule has 1 aliphatic heterocycles. The van der Waals surface area contributed by atoms with Crippen molar-refractivity contribution in [2.45, 2.75) is 52.6 Å². The highest BCUT2D eigenvalue weighted by atomic mass is 16.5. The normalized spacial score (nSPS) is 17.0. The predicted molar refractivity (Wildman–Crippen MR) is 108 cm³/mol. The smallest absolute Gasteiger partial charge is 0.227 e. The average molecular weight is 396 g/mol. The largest absolute Gasteiger partial charge is 0.361 e. The number of carbonyl (C=O) groups excluding carboxylic acids is 1. The summed E-state index contributed by atoms with van der Waals surface area (Å²) in [5.74, 6) is 0.820. The SMILES string of the molecule is Cc1cc2ncc(CN(C)C)c([C@@H]3CCCN3C(=O)Cc3c(C)noc3C)n2n1. The summed E-state index contributed by atoms with van der Waals surface area (Å²) in [6.45, 7) is 7.21. The second kappa shape index (κ2) is 7.59. The summed E-state index contributed by atoms with van der Waals surface area (Å²) in [5.41, 5.74) is 5.60. The lowest BCUT2D eigenvalue weighted by Gasteiger charge is -2.27. The van der Waals surface area contributed by atoms with Crippen LogP contribution >= 0.6 is 0 Å². The minimum Gasteiger partial charge on any atom is -0.361 e. The summed E-state index contributed by atoms with van der Waals surface area (Å²) in [7, 11) is 4.08. The molecule has 4 rings (SSSR count). The Morgan fingerprint density at radius 3 is 2.79 bits per heavy atom. The lowest BCUT2D eigenvalue weighted by atomic mass is 10.0. The Labute approximate surface area is 170 Å². The molecule has 3 aromatic heterocycles. The van der Waals surface area contributed by atoms with Crippen LogP contribution in [0.15, 0.2) is 16.8 Å². The Hall–Kier alpha value is -2.74. The topological polar surface area (TPSA) is 79.8 Å². The number of fused-ring (bicyclic) bond motifs is 1. The molecule has 0 aromatic carbocycles. The minimum absolute atomic E-state index is 0.0114. The summed E-state index contributed by atoms with van der Waals surface area (Å²) in [6, 6.07) is 1.97. The van der Waals surface area contributed by atoms with Gasteiger partial charge in [0.15, 0.2) is 5.65 Å². The summed E-state index contributed by atoms with van der Waals surface area (Å²) in [5, 5.41) is 8.69. The maximum absolute atomic E-state index is 13.3. The van der Waals surface area contributed by atoms with E-state index in [1.54, 1.807) is 0 Å². The van der Waals surface area contributed by atoms with E-state index in [0.29, 0.717) is 12.2 Å². The third kappa shape index (κ3) is 3.64. The second-order valence-corrected chi connectivity index (χ2v) is 8.19. The molecule has 0 bridgehead atoms. The van der Waals surface area contributed by atoms with Gasteiger partial charge in [-0.2, -0.15) is 5.10 Å². The highest BCUT2D eigenvalue weighted by molar-refractivity contribution is 5.80. The van der Waals surface area contributed by atoms with Gasteiger partial charge in [-0.05, 0) is 47.7 Å². The van der Waals surface area contributed by atoms with Gasteiger partial charge in [0.1, 0.15) is 5.76 Å². The number of amides is 1. The molecule has 0 aliphatic carbocycles. The van der Waals surface area contributed by atoms with Gasteiger partial charge in [-0.25, -0.2) is 9.50 Å². The fraction of sp³-hybridized carbons (Fsp3) is 0.524. The first-order chi connectivity index (χ1) is 13.8. The molecule has 0 spiro atoms. The average Bonchev–Trinajstić information content (AvgIpc) is 3.35. The third-order valence-corrected chi connectivity index (χ3v) is 5.61. The number of hydrogen-bond acceptors (Lipinski definition) is 6. The van der Waals surface area contributed by atoms with E-state index in [1.807, 2.05) is 56.5 Å². The molecule has 1 aliphatic rings. The van der Waals surface area contributed by atoms with E-state index in [-0.39, 0.29) is 11.9 Å². The van der Waals surface area contributed by atoms with E-state index in [9.17, 15) is 4.79 Å². The summed E-state index contributed by atoms with van der Waals surface area (Å²) in [4.78, 5) is 22.0. The van der Waals surface area contributed by atoms with Crippen LogP contribution in [0.1, 0.15) is 52.9 Å². The fourth-order valence-electron chi connectivity index (χ4n) is 4.28. The zero-order valence-corrected chi connectivity index (χ0v) is 17.8. The Morgan fingerprint density at radius 2 is 2.10 bits per heavy atom. The number of nitrogens with zero attached hydrogens (tertiary/aromatic N) is 6. The van der Waals surface area contributed by atoms with Crippen LogP contribution in [-0.2, 0) is 17.8 Å². The van der Waals surface area contributed by atoms with Crippen molar-refractivity contribution in [2.24, 2.45) is 0 Å². The quantitative estimate of drug-likeness (QED) is 0.660. The van der Waals surface area contributed by atoms with Gasteiger partial charge >= 0.3 is 0 Å². The Morgan fingerprint density at radius 1 is 1.31 bits per heavy atom. The number of aryl methyl sites for hydroxylation is 3. The number of rotatable bonds is 5. The van der Waals surface area contributed by atoms with Crippen molar-refractivity contribution < 1.29 is 9.32 Å². The summed E-state index contributed by atoms with van der Waals surface area (Å²) < 4.78 is 7.18. The summed E-state index contributed by atoms with van der Waals surface area (Å²) >= 11 is 0. The van der Waals surface area contributed by atoms with Crippen LogP contribution < -0.4 is 0 Å². The van der Waals surface area contributed by atoms with Crippen LogP contribution in [0, 0.1) is 20.8 Å². The van der Waals surface area contributed by atoms with E-state index < -0.39 is 0 Å². The van der Waals surface area contributed by atoms with Gasteiger partial charge in [0.05, 0.1) is 29.5 Å². The van der Waals surface area contributed by atoms with Crippen molar-refractivity contribution in [3.63, 3.8) is 0 Å². The lowest BCUT2D eigenvalue weighted by Crippen LogP contribution is -2.34. The van der Waals surface area contributed by atoms with Crippen LogP contribution in [-0.4, -0.2) is 56.1 Å². The zero-order chi connectivity index (χ0) is 20.7. The molecule has 1 amide bonds. The lowest BCUT2D eigenvalue weighted by molar-refractivity contribution is -0.131. The van der Waals surface area contributed by atoms with E-state index in [0.717, 1.165) is 59.8 Å². The maximum atomic E-state index is 13.3. The van der Waals surface area contributed by atoms with E-state index in [4.69, 9.17) is 9.62 Å². The van der Waals surface area contributed by atoms with Gasteiger partial charge in [-0.3, -0.25) is 4.79 Å². The molecule has 0 N–H and O–H groups in total. The van der Waals surface area contributed by atoms with Crippen molar-refractivity contribution in [2.75, 3.05) is 20.6 Å². The van der Waals surface area contributed by atoms with Crippen LogP contribution in [0.25, 0.3) is 5.65 Å². The third-order valence-electron chi connectivity index (χ3n) is 5.61. The Balaban J connectivity index is 1.72. The molecule has 29 heavy (non-hydrogen) atoms. The van der Waals surface area contributed by atoms with Crippen molar-refractivity contribution >= 4 is 11.6 Å². The van der Waals surface area contributed by atoms with Crippen molar-refractivity contribution in [1.29, 1.82) is 0 Å². The first-order valence-electron chi connectivity index (χ1n) is 10.0. The monoisotopic (exact) mass is 396 g/mol. The molecule has 8 nitrogen and oxygen atoms in total. The molecule has 8 heteroatoms. The van der Waals surface area contributed by atoms with E-state index in [1.165, 1.54) is 0 Å². The Bertz CT molecular complexity index is 1030. The molecule has 0 radical (unpaired) electrons. The van der Waals surface area contributed by atoms with Gasteiger partial charge in [0.25, 0.3) is 0 Å². The number of aromatic nitrogens is 4. The van der Waals surface area contributed by atoms with Gasteiger partial charge < -0.3 is 14.3 Å². The zero-order valence-electron chi connectivity index (χ0n) is 17.8. The molecular formula is C21H28N6O2. The molecule has 3 aromatic rings. The Kier molecular flexibility index (Phi) is 5.12. The van der Waals surface area contributed by atoms with E-state index in [2.05, 4.69) is 15.0 Å². The molecule has 4 heterocycles. The molecule has 1 atom stereocenters. The van der Waals surface area contributed by atoms with Crippen LogP contribution in [0.3, 0.4) is 0 Å². The van der Waals surface area contributed by atoms with E-state index >= 15 is 0 Å². The molecule has 1 saturated heterocycles. The molecular weight excluding hydrogens is 368 g/mol. The molecule has 1 fully saturated rings. The number of carbonyl (C=O) groups is 1. The summed E-state index contributed by atoms with van der Waals surface area (Å²) in [6.07, 6.45) is 4.14. The van der Waals surface area contributed by atoms with Crippen molar-refractivity contribution in [1.82, 2.24) is 29.6 Å². The van der Waals surface area contributed by atoms with Crippen LogP contribution in [0.5, 0.6) is 0 Å². The van der Waals surface area contributed by atoms with Crippen LogP contribution in [0.2, 0.25) is 0 Å². The highest BCUT2D eigenvalue weighted by Gasteiger charge is 2.34. The van der Waals surface area contributed by atoms with Gasteiger partial charge in [0, 0.05) is 36.5 Å². The number of likely N-dealkylation sites (tertiary alicyclic amines) is 1. The van der Waals surface area contributed by atoms with Gasteiger partial charge in [0.2, 0.25) is 5.91 Å². The second-order valence-electron chi connectivity index (χ2n) is 8.19. The standard InChI is InChI=1S/C21H28N6O2/c1-13-9-19-22-11-16(12-25(4)5)21(27(19)23-13)18-7-6-8-26(18)20(28)10-17-14(2)24-29-15(17)3/h9,11,18H,6-8,10,12H2,1-5H3/t18-/m0/s1. The van der Waals surface area contributed by atoms with Gasteiger partial charge in [-0.1, -0.05) is 5.16 Å². The molecule has 0 unspecified atom stereocenters. The fourth-order valence-corrected chi connectivity index (χ4v) is 4.28. The van der Waals surface area contributed by atoms with Crippen LogP contribution in [0.4, 0.5) is 0 Å². The van der Waals surface area contributed by atoms with Crippen molar-refractivity contribution in [3.8, 4) is 0 Å². The van der Waals surface area contributed by atoms with Crippen molar-refractivity contribution in [3.05, 3.63) is 46.2 Å². The molecule has 0 saturated carbocycles. The first kappa shape index (κ1) is 19.6. The predicted octanol–water partition coefficient (Wildman–Crippen LogP) is 2.61. The highest BCUT2D eigenvalue weighted by Crippen LogP contribution is 2.35. The van der Waals surface area contributed by atoms with Gasteiger partial charge in [-0.15, -0.1) is 0 Å². The number of hydrogen-bond donors (Lipinski definition) is 0. The minimum atomic E-state index is -0.0114.